The van der Waals surface area contributed by atoms with Gasteiger partial charge in [-0.1, -0.05) is 61.7 Å². The van der Waals surface area contributed by atoms with E-state index in [9.17, 15) is 18.0 Å². The molecule has 0 heterocycles. The molecule has 3 rings (SSSR count). The summed E-state index contributed by atoms with van der Waals surface area (Å²) in [5.74, 6) is -0.297. The molecule has 8 heteroatoms. The second-order valence-corrected chi connectivity index (χ2v) is 12.1. The number of carbonyl (C=O) groups is 2. The van der Waals surface area contributed by atoms with Crippen molar-refractivity contribution < 1.29 is 18.0 Å². The van der Waals surface area contributed by atoms with E-state index in [-0.39, 0.29) is 30.8 Å². The molecule has 1 fully saturated rings. The summed E-state index contributed by atoms with van der Waals surface area (Å²) in [4.78, 5) is 28.2. The molecule has 1 atom stereocenters. The van der Waals surface area contributed by atoms with Gasteiger partial charge in [-0.2, -0.15) is 0 Å². The van der Waals surface area contributed by atoms with Crippen molar-refractivity contribution in [3.8, 4) is 0 Å². The predicted octanol–water partition coefficient (Wildman–Crippen LogP) is 4.72. The fourth-order valence-corrected chi connectivity index (χ4v) is 5.94. The summed E-state index contributed by atoms with van der Waals surface area (Å²) >= 11 is 0. The van der Waals surface area contributed by atoms with Crippen LogP contribution in [0.15, 0.2) is 48.5 Å². The molecule has 1 N–H and O–H groups in total. The molecule has 1 unspecified atom stereocenters. The van der Waals surface area contributed by atoms with Crippen molar-refractivity contribution in [2.24, 2.45) is 0 Å². The van der Waals surface area contributed by atoms with Crippen molar-refractivity contribution >= 4 is 27.5 Å². The van der Waals surface area contributed by atoms with Crippen molar-refractivity contribution in [1.29, 1.82) is 0 Å². The Morgan fingerprint density at radius 3 is 2.32 bits per heavy atom. The Morgan fingerprint density at radius 2 is 1.68 bits per heavy atom. The molecular formula is C29H41N3O4S. The number of carbonyl (C=O) groups excluding carboxylic acids is 2. The lowest BCUT2D eigenvalue weighted by Crippen LogP contribution is -2.50. The van der Waals surface area contributed by atoms with Crippen molar-refractivity contribution in [3.05, 3.63) is 65.2 Å². The summed E-state index contributed by atoms with van der Waals surface area (Å²) in [6.45, 7) is 6.15. The molecular weight excluding hydrogens is 486 g/mol. The van der Waals surface area contributed by atoms with Crippen molar-refractivity contribution in [2.45, 2.75) is 84.3 Å². The maximum atomic E-state index is 13.5. The second kappa shape index (κ2) is 13.1. The van der Waals surface area contributed by atoms with E-state index in [4.69, 9.17) is 0 Å². The van der Waals surface area contributed by atoms with Crippen LogP contribution in [0, 0.1) is 13.8 Å². The fourth-order valence-electron chi connectivity index (χ4n) is 4.92. The molecule has 1 saturated carbocycles. The molecule has 0 spiro atoms. The Bertz CT molecular complexity index is 1160. The van der Waals surface area contributed by atoms with Crippen LogP contribution in [0.2, 0.25) is 0 Å². The van der Waals surface area contributed by atoms with Gasteiger partial charge in [-0.05, 0) is 62.8 Å². The monoisotopic (exact) mass is 527 g/mol. The molecule has 7 nitrogen and oxygen atoms in total. The van der Waals surface area contributed by atoms with Gasteiger partial charge in [0.15, 0.2) is 0 Å². The minimum atomic E-state index is -3.53. The summed E-state index contributed by atoms with van der Waals surface area (Å²) in [6, 6.07) is 14.8. The number of amides is 2. The minimum Gasteiger partial charge on any atom is -0.352 e. The zero-order valence-corrected chi connectivity index (χ0v) is 23.4. The van der Waals surface area contributed by atoms with Crippen molar-refractivity contribution in [3.63, 3.8) is 0 Å². The summed E-state index contributed by atoms with van der Waals surface area (Å²) in [5, 5.41) is 3.15. The van der Waals surface area contributed by atoms with Crippen LogP contribution in [0.25, 0.3) is 0 Å². The largest absolute Gasteiger partial charge is 0.352 e. The van der Waals surface area contributed by atoms with Crippen LogP contribution in [-0.4, -0.2) is 50.0 Å². The number of anilines is 1. The highest BCUT2D eigenvalue weighted by Gasteiger charge is 2.28. The van der Waals surface area contributed by atoms with Crippen LogP contribution in [-0.2, 0) is 26.2 Å². The Morgan fingerprint density at radius 1 is 1.00 bits per heavy atom. The van der Waals surface area contributed by atoms with Crippen LogP contribution in [0.3, 0.4) is 0 Å². The highest BCUT2D eigenvalue weighted by Crippen LogP contribution is 2.25. The summed E-state index contributed by atoms with van der Waals surface area (Å²) in [7, 11) is -3.53. The summed E-state index contributed by atoms with van der Waals surface area (Å²) in [5.41, 5.74) is 3.49. The topological polar surface area (TPSA) is 86.8 Å². The zero-order chi connectivity index (χ0) is 27.0. The van der Waals surface area contributed by atoms with Gasteiger partial charge in [0, 0.05) is 25.6 Å². The van der Waals surface area contributed by atoms with E-state index >= 15 is 0 Å². The maximum absolute atomic E-state index is 13.5. The first kappa shape index (κ1) is 28.7. The third kappa shape index (κ3) is 8.06. The maximum Gasteiger partial charge on any atom is 0.242 e. The van der Waals surface area contributed by atoms with Gasteiger partial charge in [0.2, 0.25) is 21.8 Å². The summed E-state index contributed by atoms with van der Waals surface area (Å²) in [6.07, 6.45) is 7.07. The molecule has 2 aromatic carbocycles. The van der Waals surface area contributed by atoms with Gasteiger partial charge in [-0.3, -0.25) is 13.9 Å². The molecule has 0 aliphatic heterocycles. The van der Waals surface area contributed by atoms with Gasteiger partial charge in [0.1, 0.15) is 6.04 Å². The SMILES string of the molecule is Cc1cccc(N(CCCC(=O)N(Cc2ccccc2)C(C)C(=O)NC2CCCCC2)S(C)(=O)=O)c1C. The van der Waals surface area contributed by atoms with E-state index in [1.54, 1.807) is 17.9 Å². The van der Waals surface area contributed by atoms with Gasteiger partial charge < -0.3 is 10.2 Å². The molecule has 0 radical (unpaired) electrons. The predicted molar refractivity (Wildman–Crippen MR) is 149 cm³/mol. The van der Waals surface area contributed by atoms with Gasteiger partial charge in [0.25, 0.3) is 0 Å². The van der Waals surface area contributed by atoms with Crippen molar-refractivity contribution in [2.75, 3.05) is 17.1 Å². The van der Waals surface area contributed by atoms with E-state index in [0.29, 0.717) is 18.7 Å². The Balaban J connectivity index is 1.71. The van der Waals surface area contributed by atoms with Gasteiger partial charge >= 0.3 is 0 Å². The molecule has 37 heavy (non-hydrogen) atoms. The molecule has 0 aromatic heterocycles. The highest BCUT2D eigenvalue weighted by atomic mass is 32.2. The average Bonchev–Trinajstić information content (AvgIpc) is 2.87. The number of hydrogen-bond donors (Lipinski definition) is 1. The molecule has 2 amide bonds. The van der Waals surface area contributed by atoms with Crippen molar-refractivity contribution in [1.82, 2.24) is 10.2 Å². The molecule has 1 aliphatic carbocycles. The zero-order valence-electron chi connectivity index (χ0n) is 22.6. The number of nitrogens with one attached hydrogen (secondary N) is 1. The Hall–Kier alpha value is -2.87. The van der Waals surface area contributed by atoms with Crippen LogP contribution < -0.4 is 9.62 Å². The molecule has 1 aliphatic rings. The Kier molecular flexibility index (Phi) is 10.1. The number of hydrogen-bond acceptors (Lipinski definition) is 4. The second-order valence-electron chi connectivity index (χ2n) is 10.2. The molecule has 202 valence electrons. The lowest BCUT2D eigenvalue weighted by atomic mass is 9.95. The Labute approximate surface area is 222 Å². The standard InChI is InChI=1S/C29H41N3O4S/c1-22-13-11-18-27(23(22)2)32(37(4,35)36)20-12-19-28(33)31(21-25-14-7-5-8-15-25)24(3)29(34)30-26-16-9-6-10-17-26/h5,7-8,11,13-15,18,24,26H,6,9-10,12,16-17,19-21H2,1-4H3,(H,30,34). The average molecular weight is 528 g/mol. The third-order valence-corrected chi connectivity index (χ3v) is 8.49. The van der Waals surface area contributed by atoms with Gasteiger partial charge in [-0.25, -0.2) is 8.42 Å². The normalized spacial score (nSPS) is 15.1. The molecule has 0 saturated heterocycles. The van der Waals surface area contributed by atoms with Crippen LogP contribution in [0.1, 0.15) is 68.6 Å². The number of nitrogens with zero attached hydrogens (tertiary/aromatic N) is 2. The first-order valence-corrected chi connectivity index (χ1v) is 15.1. The highest BCUT2D eigenvalue weighted by molar-refractivity contribution is 7.92. The minimum absolute atomic E-state index is 0.135. The summed E-state index contributed by atoms with van der Waals surface area (Å²) < 4.78 is 26.6. The number of benzene rings is 2. The lowest BCUT2D eigenvalue weighted by Gasteiger charge is -2.31. The number of rotatable bonds is 11. The van der Waals surface area contributed by atoms with Crippen LogP contribution in [0.4, 0.5) is 5.69 Å². The van der Waals surface area contributed by atoms with Crippen LogP contribution >= 0.6 is 0 Å². The van der Waals surface area contributed by atoms with E-state index in [1.165, 1.54) is 17.0 Å². The van der Waals surface area contributed by atoms with E-state index in [1.807, 2.05) is 56.3 Å². The third-order valence-electron chi connectivity index (χ3n) is 7.31. The van der Waals surface area contributed by atoms with E-state index in [0.717, 1.165) is 42.4 Å². The fraction of sp³-hybridized carbons (Fsp3) is 0.517. The number of aryl methyl sites for hydroxylation is 1. The first-order valence-electron chi connectivity index (χ1n) is 13.3. The van der Waals surface area contributed by atoms with Crippen LogP contribution in [0.5, 0.6) is 0 Å². The molecule has 0 bridgehead atoms. The molecule has 2 aromatic rings. The smallest absolute Gasteiger partial charge is 0.242 e. The van der Waals surface area contributed by atoms with E-state index in [2.05, 4.69) is 5.32 Å². The van der Waals surface area contributed by atoms with E-state index < -0.39 is 16.1 Å². The first-order chi connectivity index (χ1) is 17.6. The number of sulfonamides is 1. The van der Waals surface area contributed by atoms with Gasteiger partial charge in [0.05, 0.1) is 11.9 Å². The van der Waals surface area contributed by atoms with Gasteiger partial charge in [-0.15, -0.1) is 0 Å². The lowest BCUT2D eigenvalue weighted by molar-refractivity contribution is -0.141. The quantitative estimate of drug-likeness (QED) is 0.458.